The van der Waals surface area contributed by atoms with Gasteiger partial charge in [0, 0.05) is 25.9 Å². The molecule has 1 aliphatic rings. The highest BCUT2D eigenvalue weighted by Gasteiger charge is 2.18. The first-order valence-corrected chi connectivity index (χ1v) is 11.9. The third kappa shape index (κ3) is 4.97. The molecule has 0 bridgehead atoms. The summed E-state index contributed by atoms with van der Waals surface area (Å²) in [6.45, 7) is 0. The van der Waals surface area contributed by atoms with Crippen molar-refractivity contribution in [2.75, 3.05) is 19.4 Å². The fraction of sp³-hybridized carbons (Fsp3) is 0.529. The van der Waals surface area contributed by atoms with E-state index in [-0.39, 0.29) is 0 Å². The molecule has 1 fully saturated rings. The lowest BCUT2D eigenvalue weighted by atomic mass is 9.96. The zero-order valence-electron chi connectivity index (χ0n) is 15.0. The summed E-state index contributed by atoms with van der Waals surface area (Å²) in [6, 6.07) is 7.58. The van der Waals surface area contributed by atoms with Crippen LogP contribution in [0.3, 0.4) is 0 Å². The molecule has 0 saturated heterocycles. The molecule has 3 rings (SSSR count). The molecule has 2 aromatic rings. The summed E-state index contributed by atoms with van der Waals surface area (Å²) in [5.41, 5.74) is 0.954. The van der Waals surface area contributed by atoms with Gasteiger partial charge in [0.15, 0.2) is 4.34 Å². The second-order valence-electron chi connectivity index (χ2n) is 6.58. The number of anilines is 1. The SMILES string of the molecule is CN(C)S(=O)(=O)c1cccc(CSc2nnc(NC3CCCCC3)s2)c1. The molecule has 0 atom stereocenters. The lowest BCUT2D eigenvalue weighted by Gasteiger charge is -2.21. The predicted molar refractivity (Wildman–Crippen MR) is 107 cm³/mol. The van der Waals surface area contributed by atoms with Crippen LogP contribution in [0.4, 0.5) is 5.13 Å². The van der Waals surface area contributed by atoms with Gasteiger partial charge >= 0.3 is 0 Å². The molecule has 0 unspecified atom stereocenters. The Hall–Kier alpha value is -1.16. The van der Waals surface area contributed by atoms with Crippen LogP contribution < -0.4 is 5.32 Å². The maximum atomic E-state index is 12.2. The first-order valence-electron chi connectivity index (χ1n) is 8.69. The maximum absolute atomic E-state index is 12.2. The summed E-state index contributed by atoms with van der Waals surface area (Å²) >= 11 is 3.14. The quantitative estimate of drug-likeness (QED) is 0.697. The Bertz CT molecular complexity index is 830. The van der Waals surface area contributed by atoms with E-state index in [0.29, 0.717) is 16.7 Å². The lowest BCUT2D eigenvalue weighted by Crippen LogP contribution is -2.22. The van der Waals surface area contributed by atoms with Crippen LogP contribution >= 0.6 is 23.1 Å². The van der Waals surface area contributed by atoms with Crippen LogP contribution in [0.2, 0.25) is 0 Å². The van der Waals surface area contributed by atoms with Crippen molar-refractivity contribution < 1.29 is 8.42 Å². The Morgan fingerprint density at radius 1 is 1.23 bits per heavy atom. The van der Waals surface area contributed by atoms with Crippen molar-refractivity contribution in [3.63, 3.8) is 0 Å². The van der Waals surface area contributed by atoms with Gasteiger partial charge in [0.05, 0.1) is 4.90 Å². The molecular weight excluding hydrogens is 388 g/mol. The number of hydrogen-bond donors (Lipinski definition) is 1. The largest absolute Gasteiger partial charge is 0.357 e. The normalized spacial score (nSPS) is 16.1. The molecule has 26 heavy (non-hydrogen) atoms. The molecule has 1 saturated carbocycles. The van der Waals surface area contributed by atoms with Crippen molar-refractivity contribution >= 4 is 38.3 Å². The number of aromatic nitrogens is 2. The minimum atomic E-state index is -3.41. The van der Waals surface area contributed by atoms with Crippen molar-refractivity contribution in [1.82, 2.24) is 14.5 Å². The first kappa shape index (κ1) is 19.6. The Labute approximate surface area is 163 Å². The van der Waals surface area contributed by atoms with E-state index in [1.165, 1.54) is 36.4 Å². The molecule has 1 aliphatic carbocycles. The highest BCUT2D eigenvalue weighted by molar-refractivity contribution is 8.00. The van der Waals surface area contributed by atoms with Crippen molar-refractivity contribution in [2.45, 2.75) is 53.1 Å². The van der Waals surface area contributed by atoms with Crippen LogP contribution in [0, 0.1) is 0 Å². The summed E-state index contributed by atoms with van der Waals surface area (Å²) in [4.78, 5) is 0.317. The Kier molecular flexibility index (Phi) is 6.55. The van der Waals surface area contributed by atoms with Gasteiger partial charge in [0.25, 0.3) is 0 Å². The number of benzene rings is 1. The van der Waals surface area contributed by atoms with Crippen molar-refractivity contribution in [3.8, 4) is 0 Å². The molecule has 9 heteroatoms. The zero-order valence-corrected chi connectivity index (χ0v) is 17.5. The van der Waals surface area contributed by atoms with Gasteiger partial charge in [0.1, 0.15) is 0 Å². The van der Waals surface area contributed by atoms with E-state index >= 15 is 0 Å². The predicted octanol–water partition coefficient (Wildman–Crippen LogP) is 3.83. The highest BCUT2D eigenvalue weighted by atomic mass is 32.2. The summed E-state index contributed by atoms with van der Waals surface area (Å²) in [6.07, 6.45) is 6.30. The average molecular weight is 413 g/mol. The van der Waals surface area contributed by atoms with Crippen molar-refractivity contribution in [3.05, 3.63) is 29.8 Å². The highest BCUT2D eigenvalue weighted by Crippen LogP contribution is 2.30. The molecule has 0 aliphatic heterocycles. The number of hydrogen-bond acceptors (Lipinski definition) is 7. The Balaban J connectivity index is 1.59. The van der Waals surface area contributed by atoms with E-state index < -0.39 is 10.0 Å². The van der Waals surface area contributed by atoms with Crippen LogP contribution in [-0.2, 0) is 15.8 Å². The van der Waals surface area contributed by atoms with Crippen LogP contribution in [0.5, 0.6) is 0 Å². The first-order chi connectivity index (χ1) is 12.4. The minimum Gasteiger partial charge on any atom is -0.357 e. The van der Waals surface area contributed by atoms with Gasteiger partial charge in [-0.25, -0.2) is 12.7 Å². The van der Waals surface area contributed by atoms with Crippen molar-refractivity contribution in [2.24, 2.45) is 0 Å². The van der Waals surface area contributed by atoms with Crippen molar-refractivity contribution in [1.29, 1.82) is 0 Å². The number of rotatable bonds is 7. The molecule has 142 valence electrons. The molecule has 1 heterocycles. The van der Waals surface area contributed by atoms with E-state index in [0.717, 1.165) is 15.0 Å². The van der Waals surface area contributed by atoms with E-state index in [4.69, 9.17) is 0 Å². The van der Waals surface area contributed by atoms with Crippen LogP contribution in [0.15, 0.2) is 33.5 Å². The fourth-order valence-electron chi connectivity index (χ4n) is 2.90. The summed E-state index contributed by atoms with van der Waals surface area (Å²) in [5, 5.41) is 12.8. The summed E-state index contributed by atoms with van der Waals surface area (Å²) in [5.74, 6) is 0.662. The summed E-state index contributed by atoms with van der Waals surface area (Å²) in [7, 11) is -0.325. The minimum absolute atomic E-state index is 0.317. The molecular formula is C17H24N4O2S3. The van der Waals surface area contributed by atoms with Gasteiger partial charge in [0.2, 0.25) is 15.2 Å². The van der Waals surface area contributed by atoms with Gasteiger partial charge < -0.3 is 5.32 Å². The second-order valence-corrected chi connectivity index (χ2v) is 10.9. The second kappa shape index (κ2) is 8.69. The maximum Gasteiger partial charge on any atom is 0.242 e. The Morgan fingerprint density at radius 3 is 2.73 bits per heavy atom. The van der Waals surface area contributed by atoms with Gasteiger partial charge in [-0.2, -0.15) is 0 Å². The molecule has 6 nitrogen and oxygen atoms in total. The zero-order chi connectivity index (χ0) is 18.6. The molecule has 1 aromatic carbocycles. The van der Waals surface area contributed by atoms with E-state index in [2.05, 4.69) is 15.5 Å². The third-order valence-corrected chi connectivity index (χ3v) is 8.25. The fourth-order valence-corrected chi connectivity index (χ4v) is 5.64. The summed E-state index contributed by atoms with van der Waals surface area (Å²) < 4.78 is 26.6. The van der Waals surface area contributed by atoms with Gasteiger partial charge in [-0.15, -0.1) is 10.2 Å². The molecule has 0 amide bonds. The van der Waals surface area contributed by atoms with E-state index in [9.17, 15) is 8.42 Å². The van der Waals surface area contributed by atoms with Crippen LogP contribution in [0.25, 0.3) is 0 Å². The van der Waals surface area contributed by atoms with E-state index in [1.807, 2.05) is 6.07 Å². The monoisotopic (exact) mass is 412 g/mol. The average Bonchev–Trinajstić information content (AvgIpc) is 3.08. The van der Waals surface area contributed by atoms with E-state index in [1.54, 1.807) is 55.4 Å². The van der Waals surface area contributed by atoms with Gasteiger partial charge in [-0.1, -0.05) is 54.5 Å². The third-order valence-electron chi connectivity index (χ3n) is 4.38. The standard InChI is InChI=1S/C17H24N4O2S3/c1-21(2)26(22,23)15-10-6-7-13(11-15)12-24-17-20-19-16(25-17)18-14-8-4-3-5-9-14/h6-7,10-11,14H,3-5,8-9,12H2,1-2H3,(H,18,19). The smallest absolute Gasteiger partial charge is 0.242 e. The molecule has 0 radical (unpaired) electrons. The topological polar surface area (TPSA) is 75.2 Å². The van der Waals surface area contributed by atoms with Gasteiger partial charge in [-0.3, -0.25) is 0 Å². The number of nitrogens with zero attached hydrogens (tertiary/aromatic N) is 3. The lowest BCUT2D eigenvalue weighted by molar-refractivity contribution is 0.462. The van der Waals surface area contributed by atoms with Crippen LogP contribution in [-0.4, -0.2) is 43.1 Å². The van der Waals surface area contributed by atoms with Crippen LogP contribution in [0.1, 0.15) is 37.7 Å². The number of thioether (sulfide) groups is 1. The number of sulfonamides is 1. The molecule has 0 spiro atoms. The molecule has 1 N–H and O–H groups in total. The van der Waals surface area contributed by atoms with Gasteiger partial charge in [-0.05, 0) is 30.5 Å². The Morgan fingerprint density at radius 2 is 2.00 bits per heavy atom. The number of nitrogens with one attached hydrogen (secondary N) is 1. The molecule has 1 aromatic heterocycles.